The second-order valence-corrected chi connectivity index (χ2v) is 6.96. The molecule has 0 atom stereocenters. The first-order valence-corrected chi connectivity index (χ1v) is 8.59. The molecule has 0 spiro atoms. The molecule has 0 unspecified atom stereocenters. The van der Waals surface area contributed by atoms with Crippen LogP contribution in [0.5, 0.6) is 0 Å². The van der Waals surface area contributed by atoms with Crippen LogP contribution in [-0.4, -0.2) is 20.4 Å². The second kappa shape index (κ2) is 17.4. The van der Waals surface area contributed by atoms with Crippen molar-refractivity contribution in [1.29, 1.82) is 0 Å². The van der Waals surface area contributed by atoms with Crippen LogP contribution in [0.15, 0.2) is 91.0 Å². The third-order valence-corrected chi connectivity index (χ3v) is 5.92. The minimum atomic E-state index is -0.877. The third kappa shape index (κ3) is 8.11. The van der Waals surface area contributed by atoms with Crippen LogP contribution in [0.2, 0.25) is 0 Å². The fourth-order valence-corrected chi connectivity index (χ4v) is 4.89. The van der Waals surface area contributed by atoms with E-state index in [1.165, 1.54) is 15.9 Å². The molecule has 0 bridgehead atoms. The van der Waals surface area contributed by atoms with Crippen LogP contribution in [0, 0.1) is 0 Å². The zero-order chi connectivity index (χ0) is 18.9. The SMILES string of the molecule is [C]=O.[C]=O.[C]=O.[Ni].c1ccc([PH+](c2ccccc2)c2ccccc2)cc1. The second-order valence-electron chi connectivity index (χ2n) is 4.47. The Kier molecular flexibility index (Phi) is 17.3. The average Bonchev–Trinajstić information content (AvgIpc) is 2.75. The maximum atomic E-state index is 7.50. The smallest absolute Gasteiger partial charge is 0.281 e. The average molecular weight is 406 g/mol. The maximum absolute atomic E-state index is 7.50. The van der Waals surface area contributed by atoms with Gasteiger partial charge in [0.2, 0.25) is 0 Å². The monoisotopic (exact) mass is 405 g/mol. The Hall–Kier alpha value is -2.41. The minimum absolute atomic E-state index is 0. The van der Waals surface area contributed by atoms with E-state index in [0.717, 1.165) is 0 Å². The topological polar surface area (TPSA) is 51.2 Å². The third-order valence-electron chi connectivity index (χ3n) is 3.19. The van der Waals surface area contributed by atoms with Crippen molar-refractivity contribution in [1.82, 2.24) is 0 Å². The molecule has 5 heteroatoms. The van der Waals surface area contributed by atoms with Crippen molar-refractivity contribution < 1.29 is 30.9 Å². The van der Waals surface area contributed by atoms with Crippen LogP contribution in [0.4, 0.5) is 0 Å². The molecular weight excluding hydrogens is 390 g/mol. The molecular formula is C21H16NiO3P+. The Balaban J connectivity index is 0. The van der Waals surface area contributed by atoms with Gasteiger partial charge in [-0.05, 0) is 36.4 Å². The summed E-state index contributed by atoms with van der Waals surface area (Å²) in [5, 5.41) is 4.31. The Labute approximate surface area is 166 Å². The molecule has 0 aliphatic rings. The van der Waals surface area contributed by atoms with E-state index >= 15 is 0 Å². The van der Waals surface area contributed by atoms with Crippen molar-refractivity contribution in [2.24, 2.45) is 0 Å². The van der Waals surface area contributed by atoms with E-state index in [-0.39, 0.29) is 16.5 Å². The van der Waals surface area contributed by atoms with Gasteiger partial charge in [0.1, 0.15) is 15.9 Å². The van der Waals surface area contributed by atoms with Gasteiger partial charge in [-0.3, -0.25) is 14.4 Å². The summed E-state index contributed by atoms with van der Waals surface area (Å²) in [6, 6.07) is 32.5. The summed E-state index contributed by atoms with van der Waals surface area (Å²) in [7, 11) is -0.877. The predicted molar refractivity (Wildman–Crippen MR) is 104 cm³/mol. The van der Waals surface area contributed by atoms with Gasteiger partial charge >= 0.3 is 0 Å². The number of hydrogen-bond acceptors (Lipinski definition) is 3. The molecule has 3 nitrogen and oxygen atoms in total. The minimum Gasteiger partial charge on any atom is -0.281 e. The molecule has 132 valence electrons. The summed E-state index contributed by atoms with van der Waals surface area (Å²) < 4.78 is 0. The summed E-state index contributed by atoms with van der Waals surface area (Å²) in [6.07, 6.45) is 0. The van der Waals surface area contributed by atoms with Crippen LogP contribution in [0.25, 0.3) is 0 Å². The van der Waals surface area contributed by atoms with Gasteiger partial charge in [0.15, 0.2) is 0 Å². The van der Waals surface area contributed by atoms with E-state index in [9.17, 15) is 0 Å². The molecule has 0 aliphatic carbocycles. The molecule has 0 saturated carbocycles. The van der Waals surface area contributed by atoms with E-state index in [1.807, 2.05) is 0 Å². The van der Waals surface area contributed by atoms with Crippen molar-refractivity contribution in [3.8, 4) is 0 Å². The van der Waals surface area contributed by atoms with E-state index in [1.54, 1.807) is 0 Å². The van der Waals surface area contributed by atoms with Crippen LogP contribution < -0.4 is 15.9 Å². The molecule has 3 aromatic rings. The molecule has 0 fully saturated rings. The molecule has 3 aromatic carbocycles. The number of carbonyl (C=O) groups excluding carboxylic acids is 3. The zero-order valence-electron chi connectivity index (χ0n) is 13.7. The van der Waals surface area contributed by atoms with E-state index in [0.29, 0.717) is 0 Å². The summed E-state index contributed by atoms with van der Waals surface area (Å²) in [5.74, 6) is 0. The zero-order valence-corrected chi connectivity index (χ0v) is 15.7. The van der Waals surface area contributed by atoms with Crippen LogP contribution in [-0.2, 0) is 30.9 Å². The van der Waals surface area contributed by atoms with E-state index < -0.39 is 7.92 Å². The summed E-state index contributed by atoms with van der Waals surface area (Å²) in [4.78, 5) is 22.5. The van der Waals surface area contributed by atoms with Gasteiger partial charge in [0.05, 0.1) is 7.92 Å². The Morgan fingerprint density at radius 1 is 0.423 bits per heavy atom. The Bertz CT molecular complexity index is 583. The van der Waals surface area contributed by atoms with Crippen molar-refractivity contribution in [2.75, 3.05) is 0 Å². The van der Waals surface area contributed by atoms with Crippen LogP contribution in [0.1, 0.15) is 0 Å². The molecule has 0 aromatic heterocycles. The van der Waals surface area contributed by atoms with Crippen LogP contribution >= 0.6 is 7.92 Å². The van der Waals surface area contributed by atoms with E-state index in [4.69, 9.17) is 14.4 Å². The first kappa shape index (κ1) is 25.8. The van der Waals surface area contributed by atoms with Gasteiger partial charge < -0.3 is 0 Å². The maximum Gasteiger partial charge on any atom is 0.281 e. The predicted octanol–water partition coefficient (Wildman–Crippen LogP) is 1.98. The van der Waals surface area contributed by atoms with Gasteiger partial charge in [-0.15, -0.1) is 0 Å². The summed E-state index contributed by atoms with van der Waals surface area (Å²) >= 11 is 0. The molecule has 26 heavy (non-hydrogen) atoms. The van der Waals surface area contributed by atoms with Crippen LogP contribution in [0.3, 0.4) is 0 Å². The molecule has 0 heterocycles. The number of rotatable bonds is 3. The summed E-state index contributed by atoms with van der Waals surface area (Å²) in [6.45, 7) is 13.5. The van der Waals surface area contributed by atoms with Gasteiger partial charge in [0.25, 0.3) is 20.4 Å². The van der Waals surface area contributed by atoms with Crippen molar-refractivity contribution in [2.45, 2.75) is 0 Å². The molecule has 0 N–H and O–H groups in total. The number of hydrogen-bond donors (Lipinski definition) is 0. The largest absolute Gasteiger partial charge is 0.281 e. The van der Waals surface area contributed by atoms with Crippen molar-refractivity contribution in [3.63, 3.8) is 0 Å². The van der Waals surface area contributed by atoms with Gasteiger partial charge in [-0.25, -0.2) is 0 Å². The van der Waals surface area contributed by atoms with Crippen molar-refractivity contribution >= 4 is 44.2 Å². The normalized spacial score (nSPS) is 8.19. The quantitative estimate of drug-likeness (QED) is 0.494. The Morgan fingerprint density at radius 2 is 0.615 bits per heavy atom. The Morgan fingerprint density at radius 3 is 0.808 bits per heavy atom. The van der Waals surface area contributed by atoms with E-state index in [2.05, 4.69) is 111 Å². The molecule has 3 rings (SSSR count). The van der Waals surface area contributed by atoms with Gasteiger partial charge in [-0.1, -0.05) is 54.6 Å². The van der Waals surface area contributed by atoms with Gasteiger partial charge in [-0.2, -0.15) is 0 Å². The molecule has 0 saturated heterocycles. The summed E-state index contributed by atoms with van der Waals surface area (Å²) in [5.41, 5.74) is 0. The molecule has 0 aliphatic heterocycles. The van der Waals surface area contributed by atoms with Crippen molar-refractivity contribution in [3.05, 3.63) is 91.0 Å². The molecule has 0 amide bonds. The number of benzene rings is 3. The first-order chi connectivity index (χ1) is 12.4. The first-order valence-electron chi connectivity index (χ1n) is 7.09. The molecule has 6 radical (unpaired) electrons. The fraction of sp³-hybridized carbons (Fsp3) is 0. The standard InChI is InChI=1S/C18H15P.3CO.Ni/c1-4-10-16(11-5-1)19(17-12-6-2-7-13-17)18-14-8-3-9-15-18;3*1-2;/h1-15H;;;;/p+1. The van der Waals surface area contributed by atoms with Gasteiger partial charge in [0, 0.05) is 16.5 Å². The fourth-order valence-electron chi connectivity index (χ4n) is 2.31.